The van der Waals surface area contributed by atoms with Gasteiger partial charge >= 0.3 is 0 Å². The number of halogens is 1. The van der Waals surface area contributed by atoms with Gasteiger partial charge in [0, 0.05) is 11.1 Å². The van der Waals surface area contributed by atoms with E-state index in [4.69, 9.17) is 9.26 Å². The summed E-state index contributed by atoms with van der Waals surface area (Å²) in [4.78, 5) is 8.91. The molecule has 4 rings (SSSR count). The van der Waals surface area contributed by atoms with Gasteiger partial charge in [-0.2, -0.15) is 4.98 Å². The predicted molar refractivity (Wildman–Crippen MR) is 94.9 cm³/mol. The molecule has 0 aliphatic heterocycles. The molecule has 0 spiro atoms. The van der Waals surface area contributed by atoms with Crippen LogP contribution < -0.4 is 4.74 Å². The molecule has 0 N–H and O–H groups in total. The van der Waals surface area contributed by atoms with E-state index >= 15 is 0 Å². The lowest BCUT2D eigenvalue weighted by Crippen LogP contribution is -1.95. The standard InChI is InChI=1S/C20H14FN3O2/c1-25-20-16(11-12-17(22-20)13-5-3-2-4-6-13)18-23-19(26-24-18)14-7-9-15(21)10-8-14/h2-12H,1H3. The number of hydrogen-bond acceptors (Lipinski definition) is 5. The van der Waals surface area contributed by atoms with Crippen molar-refractivity contribution in [2.75, 3.05) is 7.11 Å². The van der Waals surface area contributed by atoms with Gasteiger partial charge in [-0.05, 0) is 36.4 Å². The van der Waals surface area contributed by atoms with Gasteiger partial charge in [-0.15, -0.1) is 0 Å². The van der Waals surface area contributed by atoms with Crippen molar-refractivity contribution in [1.82, 2.24) is 15.1 Å². The average Bonchev–Trinajstić information content (AvgIpc) is 3.18. The van der Waals surface area contributed by atoms with Crippen molar-refractivity contribution in [2.24, 2.45) is 0 Å². The van der Waals surface area contributed by atoms with Crippen LogP contribution in [-0.4, -0.2) is 22.2 Å². The van der Waals surface area contributed by atoms with Crippen molar-refractivity contribution >= 4 is 0 Å². The summed E-state index contributed by atoms with van der Waals surface area (Å²) >= 11 is 0. The minimum atomic E-state index is -0.323. The van der Waals surface area contributed by atoms with E-state index in [9.17, 15) is 4.39 Å². The van der Waals surface area contributed by atoms with E-state index in [0.29, 0.717) is 28.7 Å². The summed E-state index contributed by atoms with van der Waals surface area (Å²) in [5, 5.41) is 4.00. The van der Waals surface area contributed by atoms with E-state index in [1.807, 2.05) is 42.5 Å². The monoisotopic (exact) mass is 347 g/mol. The van der Waals surface area contributed by atoms with Crippen molar-refractivity contribution in [2.45, 2.75) is 0 Å². The Kier molecular flexibility index (Phi) is 4.15. The first-order valence-electron chi connectivity index (χ1n) is 7.95. The van der Waals surface area contributed by atoms with Gasteiger partial charge in [-0.3, -0.25) is 0 Å². The number of ether oxygens (including phenoxy) is 1. The maximum atomic E-state index is 13.1. The van der Waals surface area contributed by atoms with Crippen molar-refractivity contribution < 1.29 is 13.7 Å². The zero-order valence-electron chi connectivity index (χ0n) is 13.9. The number of nitrogens with zero attached hydrogens (tertiary/aromatic N) is 3. The molecule has 0 fully saturated rings. The van der Waals surface area contributed by atoms with E-state index in [2.05, 4.69) is 15.1 Å². The van der Waals surface area contributed by atoms with Gasteiger partial charge in [0.05, 0.1) is 18.4 Å². The van der Waals surface area contributed by atoms with Crippen molar-refractivity contribution in [3.63, 3.8) is 0 Å². The molecule has 0 atom stereocenters. The highest BCUT2D eigenvalue weighted by Crippen LogP contribution is 2.30. The van der Waals surface area contributed by atoms with Crippen LogP contribution in [-0.2, 0) is 0 Å². The number of methoxy groups -OCH3 is 1. The molecule has 0 aliphatic rings. The molecule has 0 bridgehead atoms. The molecule has 2 aromatic heterocycles. The normalized spacial score (nSPS) is 10.7. The summed E-state index contributed by atoms with van der Waals surface area (Å²) in [5.74, 6) is 0.733. The highest BCUT2D eigenvalue weighted by atomic mass is 19.1. The number of aromatic nitrogens is 3. The number of benzene rings is 2. The molecule has 0 saturated heterocycles. The summed E-state index contributed by atoms with van der Waals surface area (Å²) < 4.78 is 23.8. The highest BCUT2D eigenvalue weighted by molar-refractivity contribution is 5.68. The van der Waals surface area contributed by atoms with Crippen LogP contribution in [0.4, 0.5) is 4.39 Å². The second kappa shape index (κ2) is 6.76. The first-order valence-corrected chi connectivity index (χ1v) is 7.95. The average molecular weight is 347 g/mol. The summed E-state index contributed by atoms with van der Waals surface area (Å²) in [6, 6.07) is 19.4. The van der Waals surface area contributed by atoms with Gasteiger partial charge in [0.2, 0.25) is 11.7 Å². The maximum Gasteiger partial charge on any atom is 0.258 e. The molecular weight excluding hydrogens is 333 g/mol. The molecule has 0 unspecified atom stereocenters. The van der Waals surface area contributed by atoms with Gasteiger partial charge in [-0.25, -0.2) is 9.37 Å². The van der Waals surface area contributed by atoms with Gasteiger partial charge in [0.1, 0.15) is 5.82 Å². The van der Waals surface area contributed by atoms with Gasteiger partial charge in [0.25, 0.3) is 5.89 Å². The van der Waals surface area contributed by atoms with Gasteiger partial charge in [-0.1, -0.05) is 35.5 Å². The van der Waals surface area contributed by atoms with Crippen LogP contribution >= 0.6 is 0 Å². The van der Waals surface area contributed by atoms with Crippen LogP contribution in [0.2, 0.25) is 0 Å². The van der Waals surface area contributed by atoms with Crippen LogP contribution in [0.5, 0.6) is 5.88 Å². The Morgan fingerprint density at radius 3 is 2.35 bits per heavy atom. The van der Waals surface area contributed by atoms with Crippen molar-refractivity contribution in [3.8, 4) is 40.0 Å². The summed E-state index contributed by atoms with van der Waals surface area (Å²) in [6.07, 6.45) is 0. The lowest BCUT2D eigenvalue weighted by molar-refractivity contribution is 0.398. The van der Waals surface area contributed by atoms with Crippen LogP contribution in [0, 0.1) is 5.82 Å². The molecule has 5 nitrogen and oxygen atoms in total. The number of pyridine rings is 1. The minimum Gasteiger partial charge on any atom is -0.480 e. The zero-order valence-corrected chi connectivity index (χ0v) is 13.9. The minimum absolute atomic E-state index is 0.300. The SMILES string of the molecule is COc1nc(-c2ccccc2)ccc1-c1noc(-c2ccc(F)cc2)n1. The van der Waals surface area contributed by atoms with E-state index < -0.39 is 0 Å². The fourth-order valence-electron chi connectivity index (χ4n) is 2.58. The van der Waals surface area contributed by atoms with Crippen LogP contribution in [0.1, 0.15) is 0 Å². The topological polar surface area (TPSA) is 61.0 Å². The Balaban J connectivity index is 1.71. The quantitative estimate of drug-likeness (QED) is 0.539. The second-order valence-corrected chi connectivity index (χ2v) is 5.55. The molecule has 0 amide bonds. The molecule has 6 heteroatoms. The van der Waals surface area contributed by atoms with E-state index in [-0.39, 0.29) is 5.82 Å². The van der Waals surface area contributed by atoms with Crippen LogP contribution in [0.15, 0.2) is 71.3 Å². The predicted octanol–water partition coefficient (Wildman–Crippen LogP) is 4.61. The fourth-order valence-corrected chi connectivity index (χ4v) is 2.58. The zero-order chi connectivity index (χ0) is 17.9. The number of rotatable bonds is 4. The Morgan fingerprint density at radius 2 is 1.62 bits per heavy atom. The molecule has 128 valence electrons. The molecule has 4 aromatic rings. The van der Waals surface area contributed by atoms with Gasteiger partial charge < -0.3 is 9.26 Å². The maximum absolute atomic E-state index is 13.1. The summed E-state index contributed by atoms with van der Waals surface area (Å²) in [7, 11) is 1.54. The van der Waals surface area contributed by atoms with Gasteiger partial charge in [0.15, 0.2) is 0 Å². The Hall–Kier alpha value is -3.54. The van der Waals surface area contributed by atoms with Crippen molar-refractivity contribution in [3.05, 3.63) is 72.5 Å². The number of hydrogen-bond donors (Lipinski definition) is 0. The van der Waals surface area contributed by atoms with E-state index in [0.717, 1.165) is 11.3 Å². The molecule has 0 aliphatic carbocycles. The largest absolute Gasteiger partial charge is 0.480 e. The van der Waals surface area contributed by atoms with E-state index in [1.165, 1.54) is 12.1 Å². The third kappa shape index (κ3) is 3.04. The molecule has 2 heterocycles. The molecular formula is C20H14FN3O2. The molecule has 26 heavy (non-hydrogen) atoms. The van der Waals surface area contributed by atoms with Crippen LogP contribution in [0.25, 0.3) is 34.1 Å². The Morgan fingerprint density at radius 1 is 0.846 bits per heavy atom. The Labute approximate surface area is 149 Å². The fraction of sp³-hybridized carbons (Fsp3) is 0.0500. The smallest absolute Gasteiger partial charge is 0.258 e. The summed E-state index contributed by atoms with van der Waals surface area (Å²) in [5.41, 5.74) is 3.02. The molecule has 0 radical (unpaired) electrons. The molecule has 2 aromatic carbocycles. The lowest BCUT2D eigenvalue weighted by atomic mass is 10.1. The molecule has 0 saturated carbocycles. The van der Waals surface area contributed by atoms with Crippen molar-refractivity contribution in [1.29, 1.82) is 0 Å². The third-order valence-corrected chi connectivity index (χ3v) is 3.88. The highest BCUT2D eigenvalue weighted by Gasteiger charge is 2.16. The van der Waals surface area contributed by atoms with E-state index in [1.54, 1.807) is 19.2 Å². The first-order chi connectivity index (χ1) is 12.7. The second-order valence-electron chi connectivity index (χ2n) is 5.55. The third-order valence-electron chi connectivity index (χ3n) is 3.88. The first kappa shape index (κ1) is 16.0. The van der Waals surface area contributed by atoms with Crippen LogP contribution in [0.3, 0.4) is 0 Å². The Bertz CT molecular complexity index is 1030. The lowest BCUT2D eigenvalue weighted by Gasteiger charge is -2.07. The summed E-state index contributed by atoms with van der Waals surface area (Å²) in [6.45, 7) is 0.